The summed E-state index contributed by atoms with van der Waals surface area (Å²) in [7, 11) is 0. The molecule has 1 saturated carbocycles. The third-order valence-electron chi connectivity index (χ3n) is 3.05. The minimum Gasteiger partial charge on any atom is -0.318 e. The van der Waals surface area contributed by atoms with Crippen LogP contribution < -0.4 is 17.0 Å². The van der Waals surface area contributed by atoms with Crippen molar-refractivity contribution in [3.63, 3.8) is 0 Å². The molecule has 7 nitrogen and oxygen atoms in total. The van der Waals surface area contributed by atoms with Gasteiger partial charge in [-0.3, -0.25) is 9.78 Å². The molecule has 0 bridgehead atoms. The number of nitrogens with one attached hydrogen (secondary N) is 2. The predicted molar refractivity (Wildman–Crippen MR) is 57.0 cm³/mol. The zero-order valence-corrected chi connectivity index (χ0v) is 8.53. The first kappa shape index (κ1) is 10.7. The van der Waals surface area contributed by atoms with E-state index in [1.807, 2.05) is 0 Å². The summed E-state index contributed by atoms with van der Waals surface area (Å²) in [6.07, 6.45) is 1.86. The van der Waals surface area contributed by atoms with E-state index in [4.69, 9.17) is 5.73 Å². The van der Waals surface area contributed by atoms with Gasteiger partial charge in [0.15, 0.2) is 0 Å². The van der Waals surface area contributed by atoms with E-state index < -0.39 is 22.8 Å². The molecule has 0 saturated heterocycles. The molecule has 2 rings (SSSR count). The van der Waals surface area contributed by atoms with E-state index in [1.165, 1.54) is 6.07 Å². The molecule has 7 heteroatoms. The normalized spacial score (nSPS) is 29.2. The van der Waals surface area contributed by atoms with Gasteiger partial charge < -0.3 is 10.7 Å². The van der Waals surface area contributed by atoms with E-state index in [1.54, 1.807) is 0 Å². The van der Waals surface area contributed by atoms with Gasteiger partial charge in [0, 0.05) is 11.8 Å². The van der Waals surface area contributed by atoms with Crippen molar-refractivity contribution in [2.75, 3.05) is 0 Å². The molecule has 0 amide bonds. The van der Waals surface area contributed by atoms with Gasteiger partial charge in [-0.2, -0.15) is 4.91 Å². The Morgan fingerprint density at radius 2 is 2.19 bits per heavy atom. The Bertz CT molecular complexity index is 492. The lowest BCUT2D eigenvalue weighted by Crippen LogP contribution is -2.45. The summed E-state index contributed by atoms with van der Waals surface area (Å²) < 4.78 is 0. The van der Waals surface area contributed by atoms with Crippen molar-refractivity contribution in [1.29, 1.82) is 0 Å². The Hall–Kier alpha value is -1.76. The Kier molecular flexibility index (Phi) is 2.47. The minimum absolute atomic E-state index is 0.281. The molecule has 1 fully saturated rings. The fourth-order valence-corrected chi connectivity index (χ4v) is 2.19. The number of aromatic nitrogens is 2. The minimum atomic E-state index is -1.02. The summed E-state index contributed by atoms with van der Waals surface area (Å²) in [4.78, 5) is 37.5. The molecule has 1 aliphatic carbocycles. The van der Waals surface area contributed by atoms with Crippen LogP contribution in [0.1, 0.15) is 25.0 Å². The zero-order chi connectivity index (χ0) is 11.8. The lowest BCUT2D eigenvalue weighted by atomic mass is 9.91. The average molecular weight is 224 g/mol. The summed E-state index contributed by atoms with van der Waals surface area (Å²) >= 11 is 0. The molecule has 4 N–H and O–H groups in total. The first-order valence-corrected chi connectivity index (χ1v) is 5.02. The summed E-state index contributed by atoms with van der Waals surface area (Å²) in [6, 6.07) is 0.621. The maximum Gasteiger partial charge on any atom is 0.325 e. The molecule has 1 aliphatic rings. The van der Waals surface area contributed by atoms with E-state index >= 15 is 0 Å². The van der Waals surface area contributed by atoms with Crippen molar-refractivity contribution in [2.24, 2.45) is 10.9 Å². The average Bonchev–Trinajstić information content (AvgIpc) is 2.59. The molecule has 0 aromatic carbocycles. The fraction of sp³-hybridized carbons (Fsp3) is 0.556. The lowest BCUT2D eigenvalue weighted by Gasteiger charge is -2.26. The second-order valence-corrected chi connectivity index (χ2v) is 4.06. The van der Waals surface area contributed by atoms with Gasteiger partial charge in [0.1, 0.15) is 6.04 Å². The van der Waals surface area contributed by atoms with Crippen molar-refractivity contribution in [3.8, 4) is 0 Å². The maximum atomic E-state index is 11.2. The molecule has 86 valence electrons. The van der Waals surface area contributed by atoms with Gasteiger partial charge in [0.05, 0.1) is 5.54 Å². The number of H-pyrrole nitrogens is 2. The third-order valence-corrected chi connectivity index (χ3v) is 3.05. The molecule has 2 atom stereocenters. The van der Waals surface area contributed by atoms with E-state index in [9.17, 15) is 14.5 Å². The van der Waals surface area contributed by atoms with Gasteiger partial charge in [-0.05, 0) is 19.3 Å². The van der Waals surface area contributed by atoms with Crippen LogP contribution in [0.5, 0.6) is 0 Å². The number of nitroso groups, excluding NO2 is 1. The van der Waals surface area contributed by atoms with E-state index in [0.29, 0.717) is 12.8 Å². The molecular weight excluding hydrogens is 212 g/mol. The van der Waals surface area contributed by atoms with Gasteiger partial charge in [-0.25, -0.2) is 4.79 Å². The standard InChI is InChI=1S/C9H12N4O3/c10-9(3-1-2-5(9)13-16)6-4-7(14)12-8(15)11-6/h4-5H,1-3,10H2,(H2,11,12,14,15). The van der Waals surface area contributed by atoms with Crippen molar-refractivity contribution < 1.29 is 0 Å². The highest BCUT2D eigenvalue weighted by atomic mass is 16.3. The summed E-state index contributed by atoms with van der Waals surface area (Å²) in [5, 5.41) is 2.97. The Balaban J connectivity index is 2.54. The molecular formula is C9H12N4O3. The molecule has 1 aromatic rings. The van der Waals surface area contributed by atoms with Crippen LogP contribution in [0.3, 0.4) is 0 Å². The Labute approximate surface area is 90.0 Å². The Morgan fingerprint density at radius 3 is 2.81 bits per heavy atom. The van der Waals surface area contributed by atoms with Crippen molar-refractivity contribution in [3.05, 3.63) is 37.5 Å². The number of hydrogen-bond acceptors (Lipinski definition) is 5. The van der Waals surface area contributed by atoms with Crippen molar-refractivity contribution >= 4 is 0 Å². The molecule has 1 heterocycles. The molecule has 1 aromatic heterocycles. The highest BCUT2D eigenvalue weighted by Crippen LogP contribution is 2.36. The summed E-state index contributed by atoms with van der Waals surface area (Å²) in [5.41, 5.74) is 4.17. The molecule has 0 aliphatic heterocycles. The van der Waals surface area contributed by atoms with Gasteiger partial charge in [0.25, 0.3) is 5.56 Å². The van der Waals surface area contributed by atoms with Crippen LogP contribution >= 0.6 is 0 Å². The smallest absolute Gasteiger partial charge is 0.318 e. The second-order valence-electron chi connectivity index (χ2n) is 4.06. The van der Waals surface area contributed by atoms with E-state index in [2.05, 4.69) is 15.1 Å². The largest absolute Gasteiger partial charge is 0.325 e. The number of nitrogens with zero attached hydrogens (tertiary/aromatic N) is 1. The number of aromatic amines is 2. The molecule has 0 radical (unpaired) electrons. The number of hydrogen-bond donors (Lipinski definition) is 3. The highest BCUT2D eigenvalue weighted by Gasteiger charge is 2.43. The maximum absolute atomic E-state index is 11.2. The van der Waals surface area contributed by atoms with Crippen LogP contribution in [-0.4, -0.2) is 16.0 Å². The monoisotopic (exact) mass is 224 g/mol. The summed E-state index contributed by atoms with van der Waals surface area (Å²) in [6.45, 7) is 0. The van der Waals surface area contributed by atoms with Gasteiger partial charge >= 0.3 is 5.69 Å². The van der Waals surface area contributed by atoms with Gasteiger partial charge in [0.2, 0.25) is 0 Å². The van der Waals surface area contributed by atoms with Crippen LogP contribution in [0, 0.1) is 4.91 Å². The lowest BCUT2D eigenvalue weighted by molar-refractivity contribution is 0.391. The fourth-order valence-electron chi connectivity index (χ4n) is 2.19. The van der Waals surface area contributed by atoms with Crippen LogP contribution in [0.25, 0.3) is 0 Å². The Morgan fingerprint density at radius 1 is 1.44 bits per heavy atom. The SMILES string of the molecule is NC1(c2cc(=O)[nH]c(=O)[nH]2)CCCC1N=O. The van der Waals surface area contributed by atoms with Crippen LogP contribution in [0.4, 0.5) is 0 Å². The van der Waals surface area contributed by atoms with Crippen molar-refractivity contribution in [2.45, 2.75) is 30.8 Å². The predicted octanol–water partition coefficient (Wildman–Crippen LogP) is -0.464. The van der Waals surface area contributed by atoms with Gasteiger partial charge in [-0.1, -0.05) is 5.18 Å². The third kappa shape index (κ3) is 1.58. The number of rotatable bonds is 2. The van der Waals surface area contributed by atoms with Crippen molar-refractivity contribution in [1.82, 2.24) is 9.97 Å². The van der Waals surface area contributed by atoms with E-state index in [0.717, 1.165) is 6.42 Å². The van der Waals surface area contributed by atoms with Crippen LogP contribution in [0.15, 0.2) is 20.8 Å². The van der Waals surface area contributed by atoms with Crippen LogP contribution in [-0.2, 0) is 5.54 Å². The summed E-state index contributed by atoms with van der Waals surface area (Å²) in [5.74, 6) is 0. The molecule has 0 spiro atoms. The molecule has 16 heavy (non-hydrogen) atoms. The quantitative estimate of drug-likeness (QED) is 0.588. The topological polar surface area (TPSA) is 121 Å². The second kappa shape index (κ2) is 3.67. The number of nitrogens with two attached hydrogens (primary N) is 1. The van der Waals surface area contributed by atoms with Crippen LogP contribution in [0.2, 0.25) is 0 Å². The molecule has 2 unspecified atom stereocenters. The first-order chi connectivity index (χ1) is 7.56. The first-order valence-electron chi connectivity index (χ1n) is 5.02. The van der Waals surface area contributed by atoms with E-state index in [-0.39, 0.29) is 5.69 Å². The zero-order valence-electron chi connectivity index (χ0n) is 8.53. The van der Waals surface area contributed by atoms with Gasteiger partial charge in [-0.15, -0.1) is 0 Å². The highest BCUT2D eigenvalue weighted by molar-refractivity contribution is 5.19.